The molecule has 0 fully saturated rings. The molecule has 60 heavy (non-hydrogen) atoms. The van der Waals surface area contributed by atoms with Crippen molar-refractivity contribution in [2.75, 3.05) is 0 Å². The van der Waals surface area contributed by atoms with Gasteiger partial charge < -0.3 is 8.83 Å². The van der Waals surface area contributed by atoms with Gasteiger partial charge in [-0.1, -0.05) is 146 Å². The maximum absolute atomic E-state index is 6.84. The van der Waals surface area contributed by atoms with Crippen molar-refractivity contribution in [1.82, 2.24) is 14.5 Å². The van der Waals surface area contributed by atoms with Crippen molar-refractivity contribution in [3.05, 3.63) is 186 Å². The van der Waals surface area contributed by atoms with Crippen LogP contribution in [0.5, 0.6) is 0 Å². The van der Waals surface area contributed by atoms with Gasteiger partial charge in [0.15, 0.2) is 17.2 Å². The van der Waals surface area contributed by atoms with E-state index in [1.165, 1.54) is 5.39 Å². The molecule has 0 saturated heterocycles. The molecule has 0 aliphatic rings. The second kappa shape index (κ2) is 12.7. The molecule has 0 atom stereocenters. The average molecular weight is 833 g/mol. The first-order chi connectivity index (χ1) is 29.7. The van der Waals surface area contributed by atoms with Gasteiger partial charge >= 0.3 is 0 Å². The number of halogens is 1. The summed E-state index contributed by atoms with van der Waals surface area (Å²) in [4.78, 5) is 10.8. The molecular weight excluding hydrogens is 803 g/mol. The summed E-state index contributed by atoms with van der Waals surface area (Å²) in [6.07, 6.45) is 0. The lowest BCUT2D eigenvalue weighted by atomic mass is 10.0. The predicted octanol–water partition coefficient (Wildman–Crippen LogP) is 15.4. The summed E-state index contributed by atoms with van der Waals surface area (Å²) in [6, 6.07) is 63.8. The summed E-state index contributed by atoms with van der Waals surface area (Å²) >= 11 is 3.95. The number of fused-ring (bicyclic) bond motifs is 11. The zero-order valence-electron chi connectivity index (χ0n) is 31.9. The lowest BCUT2D eigenvalue weighted by Crippen LogP contribution is -2.02. The van der Waals surface area contributed by atoms with Crippen LogP contribution in [0.3, 0.4) is 0 Å². The van der Waals surface area contributed by atoms with E-state index in [1.54, 1.807) is 0 Å². The first kappa shape index (κ1) is 33.4. The molecule has 0 bridgehead atoms. The SMILES string of the molecule is Brc1c(-c2cccc3ccccc23)oc2ccc(-c3ccc4c(c3)c3ccccc3n4-c3nc(-c4cccc5ccccc45)nc4c3oc3ccc5ccccc5c34)cc12. The third-order valence-electron chi connectivity index (χ3n) is 12.1. The van der Waals surface area contributed by atoms with Gasteiger partial charge in [-0.15, -0.1) is 0 Å². The summed E-state index contributed by atoms with van der Waals surface area (Å²) in [5, 5.41) is 11.1. The van der Waals surface area contributed by atoms with Crippen molar-refractivity contribution in [3.8, 4) is 39.7 Å². The van der Waals surface area contributed by atoms with E-state index in [9.17, 15) is 0 Å². The fraction of sp³-hybridized carbons (Fsp3) is 0. The summed E-state index contributed by atoms with van der Waals surface area (Å²) < 4.78 is 16.6. The van der Waals surface area contributed by atoms with Crippen molar-refractivity contribution >= 4 is 103 Å². The quantitative estimate of drug-likeness (QED) is 0.177. The Labute approximate surface area is 350 Å². The molecule has 280 valence electrons. The lowest BCUT2D eigenvalue weighted by molar-refractivity contribution is 0.630. The van der Waals surface area contributed by atoms with Crippen molar-refractivity contribution < 1.29 is 8.83 Å². The van der Waals surface area contributed by atoms with Gasteiger partial charge in [-0.3, -0.25) is 4.57 Å². The van der Waals surface area contributed by atoms with E-state index in [2.05, 4.69) is 202 Å². The number of aromatic nitrogens is 3. The molecule has 0 saturated carbocycles. The van der Waals surface area contributed by atoms with Gasteiger partial charge in [0.1, 0.15) is 22.4 Å². The Kier molecular flexibility index (Phi) is 7.09. The third kappa shape index (κ3) is 4.85. The number of hydrogen-bond donors (Lipinski definition) is 0. The molecule has 0 amide bonds. The topological polar surface area (TPSA) is 57.0 Å². The van der Waals surface area contributed by atoms with Crippen LogP contribution in [0.25, 0.3) is 127 Å². The van der Waals surface area contributed by atoms with Crippen LogP contribution in [0, 0.1) is 0 Å². The molecule has 9 aromatic carbocycles. The number of para-hydroxylation sites is 1. The zero-order chi connectivity index (χ0) is 39.5. The van der Waals surface area contributed by atoms with Gasteiger partial charge in [-0.05, 0) is 95.8 Å². The van der Waals surface area contributed by atoms with Crippen molar-refractivity contribution in [2.45, 2.75) is 0 Å². The van der Waals surface area contributed by atoms with E-state index in [-0.39, 0.29) is 0 Å². The molecular formula is C54H30BrN3O2. The van der Waals surface area contributed by atoms with E-state index in [4.69, 9.17) is 18.8 Å². The summed E-state index contributed by atoms with van der Waals surface area (Å²) in [7, 11) is 0. The summed E-state index contributed by atoms with van der Waals surface area (Å²) in [5.41, 5.74) is 9.34. The highest BCUT2D eigenvalue weighted by Gasteiger charge is 2.24. The molecule has 4 heterocycles. The molecule has 0 unspecified atom stereocenters. The zero-order valence-corrected chi connectivity index (χ0v) is 33.4. The molecule has 0 spiro atoms. The largest absolute Gasteiger partial charge is 0.455 e. The highest BCUT2D eigenvalue weighted by atomic mass is 79.9. The second-order valence-electron chi connectivity index (χ2n) is 15.4. The molecule has 0 aliphatic heterocycles. The number of benzene rings is 9. The number of rotatable bonds is 4. The van der Waals surface area contributed by atoms with Crippen LogP contribution < -0.4 is 0 Å². The Morgan fingerprint density at radius 2 is 1.02 bits per heavy atom. The maximum Gasteiger partial charge on any atom is 0.197 e. The van der Waals surface area contributed by atoms with Crippen LogP contribution in [0.1, 0.15) is 0 Å². The Balaban J connectivity index is 1.04. The third-order valence-corrected chi connectivity index (χ3v) is 12.9. The van der Waals surface area contributed by atoms with Crippen molar-refractivity contribution in [1.29, 1.82) is 0 Å². The normalized spacial score (nSPS) is 12.1. The van der Waals surface area contributed by atoms with E-state index < -0.39 is 0 Å². The van der Waals surface area contributed by atoms with Gasteiger partial charge in [-0.25, -0.2) is 9.97 Å². The number of nitrogens with zero attached hydrogens (tertiary/aromatic N) is 3. The van der Waals surface area contributed by atoms with Gasteiger partial charge in [-0.2, -0.15) is 0 Å². The fourth-order valence-electron chi connectivity index (χ4n) is 9.31. The standard InChI is InChI=1S/C54H30BrN3O2/c55-49-43-30-35(25-27-46(43)59-51(49)40-20-9-14-31-11-1-4-16-36(31)40)34-23-26-45-42(29-34)39-19-7-8-22-44(39)58(45)54-52-50(48-38-18-6-3-13-33(38)24-28-47(48)60-52)56-53(57-54)41-21-10-15-32-12-2-5-17-37(32)41/h1-30H. The van der Waals surface area contributed by atoms with Gasteiger partial charge in [0.05, 0.1) is 20.9 Å². The fourth-order valence-corrected chi connectivity index (χ4v) is 9.91. The molecule has 13 aromatic rings. The predicted molar refractivity (Wildman–Crippen MR) is 250 cm³/mol. The lowest BCUT2D eigenvalue weighted by Gasteiger charge is -2.11. The first-order valence-electron chi connectivity index (χ1n) is 20.0. The van der Waals surface area contributed by atoms with E-state index in [1.807, 2.05) is 0 Å². The average Bonchev–Trinajstić information content (AvgIpc) is 3.97. The minimum Gasteiger partial charge on any atom is -0.455 e. The minimum atomic E-state index is 0.648. The van der Waals surface area contributed by atoms with Crippen LogP contribution in [-0.4, -0.2) is 14.5 Å². The van der Waals surface area contributed by atoms with Crippen molar-refractivity contribution in [2.24, 2.45) is 0 Å². The Morgan fingerprint density at radius 1 is 0.433 bits per heavy atom. The maximum atomic E-state index is 6.84. The van der Waals surface area contributed by atoms with Gasteiger partial charge in [0.25, 0.3) is 0 Å². The van der Waals surface area contributed by atoms with E-state index >= 15 is 0 Å². The van der Waals surface area contributed by atoms with Crippen LogP contribution in [0.15, 0.2) is 195 Å². The van der Waals surface area contributed by atoms with Crippen LogP contribution in [0.2, 0.25) is 0 Å². The highest BCUT2D eigenvalue weighted by molar-refractivity contribution is 9.10. The Morgan fingerprint density at radius 3 is 1.80 bits per heavy atom. The summed E-state index contributed by atoms with van der Waals surface area (Å²) in [5.74, 6) is 2.18. The number of furan rings is 2. The summed E-state index contributed by atoms with van der Waals surface area (Å²) in [6.45, 7) is 0. The first-order valence-corrected chi connectivity index (χ1v) is 20.8. The Bertz CT molecular complexity index is 3920. The molecule has 13 rings (SSSR count). The molecule has 0 N–H and O–H groups in total. The van der Waals surface area contributed by atoms with E-state index in [0.29, 0.717) is 17.2 Å². The molecule has 4 aromatic heterocycles. The van der Waals surface area contributed by atoms with Gasteiger partial charge in [0, 0.05) is 27.3 Å². The van der Waals surface area contributed by atoms with Crippen molar-refractivity contribution in [3.63, 3.8) is 0 Å². The molecule has 0 radical (unpaired) electrons. The van der Waals surface area contributed by atoms with Gasteiger partial charge in [0.2, 0.25) is 0 Å². The minimum absolute atomic E-state index is 0.648. The highest BCUT2D eigenvalue weighted by Crippen LogP contribution is 2.44. The van der Waals surface area contributed by atoms with E-state index in [0.717, 1.165) is 109 Å². The second-order valence-corrected chi connectivity index (χ2v) is 16.2. The Hall–Kier alpha value is -7.54. The molecule has 5 nitrogen and oxygen atoms in total. The van der Waals surface area contributed by atoms with Crippen LogP contribution in [-0.2, 0) is 0 Å². The molecule has 6 heteroatoms. The number of hydrogen-bond acceptors (Lipinski definition) is 4. The van der Waals surface area contributed by atoms with Crippen LogP contribution in [0.4, 0.5) is 0 Å². The smallest absolute Gasteiger partial charge is 0.197 e. The van der Waals surface area contributed by atoms with Crippen LogP contribution >= 0.6 is 15.9 Å². The monoisotopic (exact) mass is 831 g/mol. The molecule has 0 aliphatic carbocycles.